The second-order valence-corrected chi connectivity index (χ2v) is 9.11. The van der Waals surface area contributed by atoms with E-state index < -0.39 is 0 Å². The maximum absolute atomic E-state index is 5.09. The van der Waals surface area contributed by atoms with E-state index >= 15 is 0 Å². The molecule has 2 aromatic heterocycles. The summed E-state index contributed by atoms with van der Waals surface area (Å²) in [6.07, 6.45) is 0. The van der Waals surface area contributed by atoms with Gasteiger partial charge in [0.15, 0.2) is 0 Å². The molecule has 0 fully saturated rings. The van der Waals surface area contributed by atoms with Gasteiger partial charge in [0.05, 0.1) is 22.4 Å². The van der Waals surface area contributed by atoms with Gasteiger partial charge < -0.3 is 0 Å². The molecule has 168 valence electrons. The summed E-state index contributed by atoms with van der Waals surface area (Å²) >= 11 is 0. The van der Waals surface area contributed by atoms with Gasteiger partial charge in [0, 0.05) is 21.9 Å². The number of rotatable bonds is 3. The predicted octanol–water partition coefficient (Wildman–Crippen LogP) is 8.94. The molecule has 7 rings (SSSR count). The van der Waals surface area contributed by atoms with Crippen molar-refractivity contribution in [2.45, 2.75) is 0 Å². The van der Waals surface area contributed by atoms with Crippen LogP contribution in [0.25, 0.3) is 66.2 Å². The van der Waals surface area contributed by atoms with Crippen LogP contribution in [-0.4, -0.2) is 9.97 Å². The Labute approximate surface area is 209 Å². The highest BCUT2D eigenvalue weighted by molar-refractivity contribution is 6.04. The van der Waals surface area contributed by atoms with Gasteiger partial charge in [-0.05, 0) is 40.1 Å². The van der Waals surface area contributed by atoms with Crippen molar-refractivity contribution in [1.82, 2.24) is 9.97 Å². The fourth-order valence-electron chi connectivity index (χ4n) is 4.90. The molecule has 0 bridgehead atoms. The van der Waals surface area contributed by atoms with Crippen molar-refractivity contribution in [3.8, 4) is 33.6 Å². The topological polar surface area (TPSA) is 25.8 Å². The fourth-order valence-corrected chi connectivity index (χ4v) is 4.90. The zero-order valence-electron chi connectivity index (χ0n) is 19.6. The van der Waals surface area contributed by atoms with Crippen LogP contribution in [-0.2, 0) is 0 Å². The lowest BCUT2D eigenvalue weighted by atomic mass is 9.99. The molecule has 2 heteroatoms. The van der Waals surface area contributed by atoms with Crippen molar-refractivity contribution < 1.29 is 0 Å². The Balaban J connectivity index is 1.30. The van der Waals surface area contributed by atoms with Crippen LogP contribution < -0.4 is 0 Å². The number of hydrogen-bond acceptors (Lipinski definition) is 2. The molecule has 0 aliphatic carbocycles. The van der Waals surface area contributed by atoms with E-state index in [1.165, 1.54) is 21.9 Å². The maximum atomic E-state index is 5.09. The van der Waals surface area contributed by atoms with Crippen LogP contribution >= 0.6 is 0 Å². The van der Waals surface area contributed by atoms with Gasteiger partial charge in [0.1, 0.15) is 0 Å². The van der Waals surface area contributed by atoms with Crippen molar-refractivity contribution in [1.29, 1.82) is 0 Å². The normalized spacial score (nSPS) is 11.3. The van der Waals surface area contributed by atoms with Crippen LogP contribution in [0.3, 0.4) is 0 Å². The fraction of sp³-hybridized carbons (Fsp3) is 0. The van der Waals surface area contributed by atoms with Crippen molar-refractivity contribution in [2.24, 2.45) is 0 Å². The molecular weight excluding hydrogens is 436 g/mol. The highest BCUT2D eigenvalue weighted by atomic mass is 14.8. The van der Waals surface area contributed by atoms with Crippen molar-refractivity contribution in [2.75, 3.05) is 0 Å². The van der Waals surface area contributed by atoms with Crippen LogP contribution in [0.15, 0.2) is 133 Å². The van der Waals surface area contributed by atoms with E-state index in [2.05, 4.69) is 115 Å². The number of benzene rings is 5. The molecule has 0 aliphatic heterocycles. The third-order valence-corrected chi connectivity index (χ3v) is 6.85. The molecule has 0 aliphatic rings. The highest BCUT2D eigenvalue weighted by Crippen LogP contribution is 2.30. The summed E-state index contributed by atoms with van der Waals surface area (Å²) in [5, 5.41) is 4.70. The average Bonchev–Trinajstić information content (AvgIpc) is 2.97. The van der Waals surface area contributed by atoms with Crippen LogP contribution in [0.5, 0.6) is 0 Å². The molecule has 7 aromatic rings. The quantitative estimate of drug-likeness (QED) is 0.247. The molecule has 0 N–H and O–H groups in total. The van der Waals surface area contributed by atoms with E-state index in [-0.39, 0.29) is 0 Å². The molecule has 0 atom stereocenters. The predicted molar refractivity (Wildman–Crippen MR) is 151 cm³/mol. The van der Waals surface area contributed by atoms with E-state index in [9.17, 15) is 0 Å². The van der Waals surface area contributed by atoms with Gasteiger partial charge in [-0.15, -0.1) is 0 Å². The summed E-state index contributed by atoms with van der Waals surface area (Å²) in [5.74, 6) is 0. The molecule has 36 heavy (non-hydrogen) atoms. The summed E-state index contributed by atoms with van der Waals surface area (Å²) in [6, 6.07) is 46.8. The van der Waals surface area contributed by atoms with Gasteiger partial charge in [-0.25, -0.2) is 9.97 Å². The Hall–Kier alpha value is -4.82. The lowest BCUT2D eigenvalue weighted by Crippen LogP contribution is -1.91. The van der Waals surface area contributed by atoms with E-state index in [1.807, 2.05) is 18.2 Å². The van der Waals surface area contributed by atoms with Crippen molar-refractivity contribution in [3.63, 3.8) is 0 Å². The summed E-state index contributed by atoms with van der Waals surface area (Å²) in [6.45, 7) is 0. The van der Waals surface area contributed by atoms with Gasteiger partial charge in [-0.1, -0.05) is 115 Å². The molecule has 0 spiro atoms. The monoisotopic (exact) mass is 458 g/mol. The maximum Gasteiger partial charge on any atom is 0.0972 e. The number of hydrogen-bond donors (Lipinski definition) is 0. The van der Waals surface area contributed by atoms with Gasteiger partial charge in [-0.3, -0.25) is 0 Å². The largest absolute Gasteiger partial charge is 0.245 e. The van der Waals surface area contributed by atoms with Crippen LogP contribution in [0, 0.1) is 0 Å². The number of fused-ring (bicyclic) bond motifs is 4. The third kappa shape index (κ3) is 3.60. The van der Waals surface area contributed by atoms with Gasteiger partial charge >= 0.3 is 0 Å². The Bertz CT molecular complexity index is 1870. The van der Waals surface area contributed by atoms with E-state index in [0.29, 0.717) is 0 Å². The van der Waals surface area contributed by atoms with E-state index in [4.69, 9.17) is 9.97 Å². The first kappa shape index (κ1) is 20.5. The third-order valence-electron chi connectivity index (χ3n) is 6.85. The second kappa shape index (κ2) is 8.44. The minimum absolute atomic E-state index is 0.932. The molecule has 2 nitrogen and oxygen atoms in total. The van der Waals surface area contributed by atoms with Gasteiger partial charge in [0.2, 0.25) is 0 Å². The zero-order chi connectivity index (χ0) is 23.9. The molecule has 0 unspecified atom stereocenters. The Kier molecular flexibility index (Phi) is 4.82. The minimum Gasteiger partial charge on any atom is -0.245 e. The molecular formula is C34H22N2. The summed E-state index contributed by atoms with van der Waals surface area (Å²) in [5.41, 5.74) is 8.40. The zero-order valence-corrected chi connectivity index (χ0v) is 19.6. The van der Waals surface area contributed by atoms with Crippen molar-refractivity contribution in [3.05, 3.63) is 133 Å². The Morgan fingerprint density at radius 1 is 0.306 bits per heavy atom. The average molecular weight is 459 g/mol. The second-order valence-electron chi connectivity index (χ2n) is 9.11. The molecule has 0 radical (unpaired) electrons. The molecule has 5 aromatic carbocycles. The minimum atomic E-state index is 0.932. The molecule has 0 saturated carbocycles. The van der Waals surface area contributed by atoms with E-state index in [1.54, 1.807) is 0 Å². The van der Waals surface area contributed by atoms with E-state index in [0.717, 1.165) is 44.3 Å². The highest BCUT2D eigenvalue weighted by Gasteiger charge is 2.09. The first-order chi connectivity index (χ1) is 17.8. The smallest absolute Gasteiger partial charge is 0.0972 e. The Morgan fingerprint density at radius 3 is 1.44 bits per heavy atom. The van der Waals surface area contributed by atoms with Crippen LogP contribution in [0.4, 0.5) is 0 Å². The van der Waals surface area contributed by atoms with Gasteiger partial charge in [-0.2, -0.15) is 0 Å². The molecule has 2 heterocycles. The summed E-state index contributed by atoms with van der Waals surface area (Å²) in [7, 11) is 0. The van der Waals surface area contributed by atoms with Crippen LogP contribution in [0.1, 0.15) is 0 Å². The molecule has 0 amide bonds. The Morgan fingerprint density at radius 2 is 0.778 bits per heavy atom. The number of pyridine rings is 2. The lowest BCUT2D eigenvalue weighted by Gasteiger charge is -2.09. The first-order valence-electron chi connectivity index (χ1n) is 12.2. The summed E-state index contributed by atoms with van der Waals surface area (Å²) < 4.78 is 0. The standard InChI is InChI=1S/C34H22N2/c1-2-7-25(8-3-1)31-20-18-27-15-16-28-19-21-32(36-34(28)33(27)35-31)26-13-10-24(11-14-26)30-17-12-23-6-4-5-9-29(23)22-30/h1-22H. The number of nitrogens with zero attached hydrogens (tertiary/aromatic N) is 2. The lowest BCUT2D eigenvalue weighted by molar-refractivity contribution is 1.36. The first-order valence-corrected chi connectivity index (χ1v) is 12.2. The molecule has 0 saturated heterocycles. The summed E-state index contributed by atoms with van der Waals surface area (Å²) in [4.78, 5) is 10.1. The van der Waals surface area contributed by atoms with Gasteiger partial charge in [0.25, 0.3) is 0 Å². The van der Waals surface area contributed by atoms with Crippen LogP contribution in [0.2, 0.25) is 0 Å². The number of aromatic nitrogens is 2. The van der Waals surface area contributed by atoms with Crippen molar-refractivity contribution >= 4 is 32.6 Å². The SMILES string of the molecule is c1ccc(-c2ccc3ccc4ccc(-c5ccc(-c6ccc7ccccc7c6)cc5)nc4c3n2)cc1.